The number of hydrogen-bond acceptors (Lipinski definition) is 3. The molecule has 0 bridgehead atoms. The number of aliphatic hydroxyl groups excluding tert-OH is 1. The van der Waals surface area contributed by atoms with Gasteiger partial charge in [0.15, 0.2) is 0 Å². The van der Waals surface area contributed by atoms with Gasteiger partial charge in [-0.05, 0) is 24.4 Å². The molecule has 2 rings (SSSR count). The maximum atomic E-state index is 10.0. The number of aryl methyl sites for hydroxylation is 1. The Labute approximate surface area is 86.9 Å². The lowest BCUT2D eigenvalue weighted by atomic mass is 10.1. The number of rotatable bonds is 2. The summed E-state index contributed by atoms with van der Waals surface area (Å²) in [6, 6.07) is 7.63. The molecular formula is C11H11NOS. The predicted octanol–water partition coefficient (Wildman–Crippen LogP) is 2.53. The Hall–Kier alpha value is -1.19. The van der Waals surface area contributed by atoms with Gasteiger partial charge in [0.1, 0.15) is 6.10 Å². The normalized spacial score (nSPS) is 12.7. The number of thiophene rings is 1. The van der Waals surface area contributed by atoms with Crippen LogP contribution in [0.25, 0.3) is 0 Å². The van der Waals surface area contributed by atoms with Gasteiger partial charge in [-0.15, -0.1) is 11.3 Å². The number of aromatic nitrogens is 1. The maximum Gasteiger partial charge on any atom is 0.115 e. The van der Waals surface area contributed by atoms with E-state index in [9.17, 15) is 5.11 Å². The standard InChI is InChI=1S/C11H11NOS/c1-8-9(4-2-6-12-8)11(13)10-5-3-7-14-10/h2-7,11,13H,1H3. The van der Waals surface area contributed by atoms with Crippen molar-refractivity contribution in [2.45, 2.75) is 13.0 Å². The van der Waals surface area contributed by atoms with Crippen LogP contribution in [0.1, 0.15) is 22.2 Å². The Morgan fingerprint density at radius 1 is 1.36 bits per heavy atom. The summed E-state index contributed by atoms with van der Waals surface area (Å²) >= 11 is 1.56. The van der Waals surface area contributed by atoms with Crippen molar-refractivity contribution in [2.24, 2.45) is 0 Å². The topological polar surface area (TPSA) is 33.1 Å². The highest BCUT2D eigenvalue weighted by atomic mass is 32.1. The van der Waals surface area contributed by atoms with Crippen LogP contribution in [0.5, 0.6) is 0 Å². The van der Waals surface area contributed by atoms with Crippen molar-refractivity contribution in [3.8, 4) is 0 Å². The fourth-order valence-corrected chi connectivity index (χ4v) is 2.11. The second-order valence-electron chi connectivity index (χ2n) is 3.10. The summed E-state index contributed by atoms with van der Waals surface area (Å²) in [6.07, 6.45) is 1.20. The Morgan fingerprint density at radius 3 is 2.86 bits per heavy atom. The summed E-state index contributed by atoms with van der Waals surface area (Å²) in [5, 5.41) is 12.0. The second kappa shape index (κ2) is 3.90. The van der Waals surface area contributed by atoms with Gasteiger partial charge in [-0.25, -0.2) is 0 Å². The van der Waals surface area contributed by atoms with Gasteiger partial charge in [0.05, 0.1) is 0 Å². The van der Waals surface area contributed by atoms with Crippen LogP contribution < -0.4 is 0 Å². The molecule has 1 atom stereocenters. The summed E-state index contributed by atoms with van der Waals surface area (Å²) in [5.74, 6) is 0. The lowest BCUT2D eigenvalue weighted by Gasteiger charge is -2.10. The molecule has 14 heavy (non-hydrogen) atoms. The van der Waals surface area contributed by atoms with E-state index in [0.717, 1.165) is 16.1 Å². The van der Waals surface area contributed by atoms with Crippen LogP contribution in [-0.4, -0.2) is 10.1 Å². The van der Waals surface area contributed by atoms with E-state index < -0.39 is 6.10 Å². The van der Waals surface area contributed by atoms with E-state index in [1.165, 1.54) is 0 Å². The third kappa shape index (κ3) is 1.69. The third-order valence-corrected chi connectivity index (χ3v) is 3.08. The molecule has 0 amide bonds. The smallest absolute Gasteiger partial charge is 0.115 e. The zero-order chi connectivity index (χ0) is 9.97. The first-order chi connectivity index (χ1) is 6.79. The molecule has 0 aromatic carbocycles. The van der Waals surface area contributed by atoms with E-state index in [4.69, 9.17) is 0 Å². The maximum absolute atomic E-state index is 10.0. The summed E-state index contributed by atoms with van der Waals surface area (Å²) in [5.41, 5.74) is 1.77. The zero-order valence-corrected chi connectivity index (χ0v) is 8.66. The van der Waals surface area contributed by atoms with Crippen LogP contribution >= 0.6 is 11.3 Å². The Bertz CT molecular complexity index is 411. The van der Waals surface area contributed by atoms with Crippen LogP contribution in [0, 0.1) is 6.92 Å². The van der Waals surface area contributed by atoms with Crippen molar-refractivity contribution in [3.63, 3.8) is 0 Å². The van der Waals surface area contributed by atoms with Gasteiger partial charge in [-0.3, -0.25) is 4.98 Å². The molecule has 0 aliphatic carbocycles. The molecule has 0 spiro atoms. The minimum absolute atomic E-state index is 0.538. The first-order valence-corrected chi connectivity index (χ1v) is 5.30. The summed E-state index contributed by atoms with van der Waals surface area (Å²) < 4.78 is 0. The molecular weight excluding hydrogens is 194 g/mol. The first kappa shape index (κ1) is 9.37. The lowest BCUT2D eigenvalue weighted by Crippen LogP contribution is -2.00. The number of hydrogen-bond donors (Lipinski definition) is 1. The van der Waals surface area contributed by atoms with Gasteiger partial charge in [0, 0.05) is 22.3 Å². The molecule has 2 aromatic rings. The first-order valence-electron chi connectivity index (χ1n) is 4.42. The Balaban J connectivity index is 2.37. The molecule has 0 aliphatic rings. The quantitative estimate of drug-likeness (QED) is 0.817. The molecule has 0 fully saturated rings. The summed E-state index contributed by atoms with van der Waals surface area (Å²) in [6.45, 7) is 1.91. The zero-order valence-electron chi connectivity index (χ0n) is 7.84. The molecule has 0 aliphatic heterocycles. The second-order valence-corrected chi connectivity index (χ2v) is 4.08. The van der Waals surface area contributed by atoms with Crippen molar-refractivity contribution < 1.29 is 5.11 Å². The SMILES string of the molecule is Cc1ncccc1C(O)c1cccs1. The van der Waals surface area contributed by atoms with Crippen molar-refractivity contribution in [1.29, 1.82) is 0 Å². The van der Waals surface area contributed by atoms with Gasteiger partial charge in [0.25, 0.3) is 0 Å². The molecule has 0 saturated heterocycles. The molecule has 2 aromatic heterocycles. The fourth-order valence-electron chi connectivity index (χ4n) is 1.39. The number of pyridine rings is 1. The fraction of sp³-hybridized carbons (Fsp3) is 0.182. The van der Waals surface area contributed by atoms with Crippen molar-refractivity contribution in [3.05, 3.63) is 52.0 Å². The van der Waals surface area contributed by atoms with Crippen molar-refractivity contribution in [1.82, 2.24) is 4.98 Å². The van der Waals surface area contributed by atoms with E-state index >= 15 is 0 Å². The molecule has 0 radical (unpaired) electrons. The van der Waals surface area contributed by atoms with Crippen LogP contribution in [0.2, 0.25) is 0 Å². The molecule has 1 unspecified atom stereocenters. The van der Waals surface area contributed by atoms with E-state index in [1.54, 1.807) is 17.5 Å². The van der Waals surface area contributed by atoms with Crippen LogP contribution in [-0.2, 0) is 0 Å². The Kier molecular flexibility index (Phi) is 2.61. The Morgan fingerprint density at radius 2 is 2.21 bits per heavy atom. The highest BCUT2D eigenvalue weighted by Crippen LogP contribution is 2.26. The van der Waals surface area contributed by atoms with Crippen LogP contribution in [0.3, 0.4) is 0 Å². The largest absolute Gasteiger partial charge is 0.383 e. The van der Waals surface area contributed by atoms with Gasteiger partial charge in [0.2, 0.25) is 0 Å². The van der Waals surface area contributed by atoms with Crippen molar-refractivity contribution >= 4 is 11.3 Å². The van der Waals surface area contributed by atoms with Crippen molar-refractivity contribution in [2.75, 3.05) is 0 Å². The molecule has 3 heteroatoms. The lowest BCUT2D eigenvalue weighted by molar-refractivity contribution is 0.223. The number of nitrogens with zero attached hydrogens (tertiary/aromatic N) is 1. The monoisotopic (exact) mass is 205 g/mol. The highest BCUT2D eigenvalue weighted by molar-refractivity contribution is 7.10. The van der Waals surface area contributed by atoms with E-state index in [-0.39, 0.29) is 0 Å². The number of aliphatic hydroxyl groups is 1. The van der Waals surface area contributed by atoms with Gasteiger partial charge >= 0.3 is 0 Å². The van der Waals surface area contributed by atoms with Crippen LogP contribution in [0.4, 0.5) is 0 Å². The predicted molar refractivity (Wildman–Crippen MR) is 57.4 cm³/mol. The van der Waals surface area contributed by atoms with Crippen LogP contribution in [0.15, 0.2) is 35.8 Å². The van der Waals surface area contributed by atoms with E-state index in [0.29, 0.717) is 0 Å². The highest BCUT2D eigenvalue weighted by Gasteiger charge is 2.13. The molecule has 2 nitrogen and oxygen atoms in total. The molecule has 0 saturated carbocycles. The van der Waals surface area contributed by atoms with Gasteiger partial charge < -0.3 is 5.11 Å². The summed E-state index contributed by atoms with van der Waals surface area (Å²) in [7, 11) is 0. The molecule has 2 heterocycles. The van der Waals surface area contributed by atoms with E-state index in [1.807, 2.05) is 36.6 Å². The average Bonchev–Trinajstić information content (AvgIpc) is 2.70. The van der Waals surface area contributed by atoms with Gasteiger partial charge in [-0.1, -0.05) is 12.1 Å². The third-order valence-electron chi connectivity index (χ3n) is 2.16. The molecule has 1 N–H and O–H groups in total. The molecule has 72 valence electrons. The minimum Gasteiger partial charge on any atom is -0.383 e. The minimum atomic E-state index is -0.538. The summed E-state index contributed by atoms with van der Waals surface area (Å²) in [4.78, 5) is 5.11. The van der Waals surface area contributed by atoms with Gasteiger partial charge in [-0.2, -0.15) is 0 Å². The van der Waals surface area contributed by atoms with E-state index in [2.05, 4.69) is 4.98 Å². The average molecular weight is 205 g/mol.